The minimum absolute atomic E-state index is 0.144. The fourth-order valence-corrected chi connectivity index (χ4v) is 6.87. The number of halogens is 1. The highest BCUT2D eigenvalue weighted by Crippen LogP contribution is 2.39. The van der Waals surface area contributed by atoms with E-state index in [-0.39, 0.29) is 28.2 Å². The predicted molar refractivity (Wildman–Crippen MR) is 168 cm³/mol. The third kappa shape index (κ3) is 4.89. The summed E-state index contributed by atoms with van der Waals surface area (Å²) in [6, 6.07) is 18.9. The van der Waals surface area contributed by atoms with Crippen molar-refractivity contribution in [1.29, 1.82) is 0 Å². The molecule has 0 aliphatic carbocycles. The number of carbonyl (C=O) groups is 2. The van der Waals surface area contributed by atoms with Gasteiger partial charge in [-0.15, -0.1) is 0 Å². The molecule has 224 valence electrons. The Labute approximate surface area is 261 Å². The topological polar surface area (TPSA) is 99.4 Å². The molecule has 0 spiro atoms. The van der Waals surface area contributed by atoms with Gasteiger partial charge in [-0.25, -0.2) is 9.79 Å². The lowest BCUT2D eigenvalue weighted by Gasteiger charge is -2.26. The Bertz CT molecular complexity index is 2030. The molecule has 0 bridgehead atoms. The number of esters is 1. The molecule has 0 N–H and O–H groups in total. The fraction of sp³-hybridized carbons (Fsp3) is 0.212. The Morgan fingerprint density at radius 2 is 1.77 bits per heavy atom. The van der Waals surface area contributed by atoms with Crippen molar-refractivity contribution >= 4 is 46.1 Å². The van der Waals surface area contributed by atoms with Crippen molar-refractivity contribution in [2.24, 2.45) is 4.99 Å². The number of thiazole rings is 1. The quantitative estimate of drug-likeness (QED) is 0.281. The molecule has 1 atom stereocenters. The molecule has 2 aliphatic rings. The highest BCUT2D eigenvalue weighted by Gasteiger charge is 2.38. The van der Waals surface area contributed by atoms with Crippen LogP contribution in [0.3, 0.4) is 0 Å². The number of nitrogens with zero attached hydrogens (tertiary/aromatic N) is 3. The Balaban J connectivity index is 1.59. The van der Waals surface area contributed by atoms with Crippen LogP contribution in [0.5, 0.6) is 11.5 Å². The molecule has 6 rings (SSSR count). The lowest BCUT2D eigenvalue weighted by Crippen LogP contribution is -2.41. The first-order valence-corrected chi connectivity index (χ1v) is 15.1. The van der Waals surface area contributed by atoms with Crippen LogP contribution in [0.25, 0.3) is 5.57 Å². The number of hydrogen-bond acceptors (Lipinski definition) is 8. The summed E-state index contributed by atoms with van der Waals surface area (Å²) >= 11 is 7.20. The average Bonchev–Trinajstić information content (AvgIpc) is 3.49. The van der Waals surface area contributed by atoms with Crippen LogP contribution in [-0.2, 0) is 20.9 Å². The van der Waals surface area contributed by atoms with Crippen LogP contribution in [0.4, 0.5) is 5.69 Å². The number of amides is 1. The number of benzene rings is 3. The molecule has 3 aromatic carbocycles. The molecular formula is C33H28ClN3O6S. The van der Waals surface area contributed by atoms with Gasteiger partial charge in [0.1, 0.15) is 22.1 Å². The second-order valence-corrected chi connectivity index (χ2v) is 11.6. The van der Waals surface area contributed by atoms with Gasteiger partial charge in [-0.2, -0.15) is 0 Å². The molecule has 2 aliphatic heterocycles. The van der Waals surface area contributed by atoms with Crippen molar-refractivity contribution in [3.05, 3.63) is 119 Å². The van der Waals surface area contributed by atoms with Gasteiger partial charge in [0.2, 0.25) is 0 Å². The molecular weight excluding hydrogens is 602 g/mol. The van der Waals surface area contributed by atoms with Crippen LogP contribution < -0.4 is 29.3 Å². The number of fused-ring (bicyclic) bond motifs is 2. The number of ether oxygens (including phenoxy) is 3. The Kier molecular flexibility index (Phi) is 7.87. The Morgan fingerprint density at radius 1 is 1.02 bits per heavy atom. The Morgan fingerprint density at radius 3 is 2.48 bits per heavy atom. The number of allylic oxidation sites excluding steroid dienone is 1. The average molecular weight is 630 g/mol. The Hall–Kier alpha value is -4.67. The number of anilines is 1. The van der Waals surface area contributed by atoms with Crippen molar-refractivity contribution < 1.29 is 23.8 Å². The van der Waals surface area contributed by atoms with Crippen molar-refractivity contribution in [2.45, 2.75) is 26.4 Å². The van der Waals surface area contributed by atoms with Gasteiger partial charge in [-0.1, -0.05) is 53.3 Å². The molecule has 9 nitrogen and oxygen atoms in total. The van der Waals surface area contributed by atoms with Crippen molar-refractivity contribution in [1.82, 2.24) is 4.57 Å². The van der Waals surface area contributed by atoms with Crippen molar-refractivity contribution in [3.8, 4) is 11.5 Å². The van der Waals surface area contributed by atoms with Gasteiger partial charge in [0, 0.05) is 22.2 Å². The molecule has 0 unspecified atom stereocenters. The van der Waals surface area contributed by atoms with Gasteiger partial charge in [-0.3, -0.25) is 14.2 Å². The zero-order valence-corrected chi connectivity index (χ0v) is 26.0. The summed E-state index contributed by atoms with van der Waals surface area (Å²) in [7, 11) is 3.05. The van der Waals surface area contributed by atoms with Gasteiger partial charge in [0.15, 0.2) is 4.80 Å². The van der Waals surface area contributed by atoms with Gasteiger partial charge in [-0.05, 0) is 49.7 Å². The van der Waals surface area contributed by atoms with Crippen molar-refractivity contribution in [3.63, 3.8) is 0 Å². The van der Waals surface area contributed by atoms with E-state index in [0.29, 0.717) is 50.4 Å². The lowest BCUT2D eigenvalue weighted by atomic mass is 9.95. The predicted octanol–water partition coefficient (Wildman–Crippen LogP) is 4.39. The number of para-hydroxylation sites is 1. The van der Waals surface area contributed by atoms with Crippen LogP contribution in [0.1, 0.15) is 36.6 Å². The normalized spacial score (nSPS) is 16.8. The standard InChI is InChI=1S/C33H28ClN3O6S/c1-5-43-32(40)26-18(2)35-33-37(28(26)23-15-14-21(41-3)16-25(23)42-4)31(39)29(44-33)27-22-8-6-7-9-24(22)36(30(27)38)17-19-10-12-20(34)13-11-19/h6-16,28H,5,17H2,1-4H3/b29-27+/t28-/m1/s1. The maximum atomic E-state index is 14.5. The highest BCUT2D eigenvalue weighted by molar-refractivity contribution is 7.07. The number of hydrogen-bond donors (Lipinski definition) is 0. The minimum Gasteiger partial charge on any atom is -0.497 e. The molecule has 0 fully saturated rings. The van der Waals surface area contributed by atoms with E-state index in [4.69, 9.17) is 25.8 Å². The van der Waals surface area contributed by atoms with E-state index in [1.165, 1.54) is 11.7 Å². The maximum Gasteiger partial charge on any atom is 0.338 e. The summed E-state index contributed by atoms with van der Waals surface area (Å²) in [5.74, 6) is 0.0745. The number of methoxy groups -OCH3 is 2. The molecule has 0 saturated heterocycles. The van der Waals surface area contributed by atoms with E-state index in [1.807, 2.05) is 36.4 Å². The summed E-state index contributed by atoms with van der Waals surface area (Å²) in [4.78, 5) is 48.6. The number of aromatic nitrogens is 1. The molecule has 11 heteroatoms. The first-order valence-electron chi connectivity index (χ1n) is 13.9. The van der Waals surface area contributed by atoms with E-state index in [2.05, 4.69) is 4.99 Å². The molecule has 3 heterocycles. The molecule has 0 saturated carbocycles. The van der Waals surface area contributed by atoms with E-state index in [1.54, 1.807) is 56.2 Å². The van der Waals surface area contributed by atoms with Gasteiger partial charge in [0.25, 0.3) is 11.5 Å². The molecule has 4 aromatic rings. The van der Waals surface area contributed by atoms with E-state index in [9.17, 15) is 14.4 Å². The third-order valence-electron chi connectivity index (χ3n) is 7.63. The second-order valence-electron chi connectivity index (χ2n) is 10.1. The molecule has 1 amide bonds. The monoisotopic (exact) mass is 629 g/mol. The first kappa shape index (κ1) is 29.4. The minimum atomic E-state index is -0.919. The van der Waals surface area contributed by atoms with Gasteiger partial charge >= 0.3 is 5.97 Å². The summed E-state index contributed by atoms with van der Waals surface area (Å²) in [6.45, 7) is 3.87. The van der Waals surface area contributed by atoms with Crippen LogP contribution in [0.2, 0.25) is 5.02 Å². The van der Waals surface area contributed by atoms with Crippen LogP contribution in [-0.4, -0.2) is 37.3 Å². The largest absolute Gasteiger partial charge is 0.497 e. The fourth-order valence-electron chi connectivity index (χ4n) is 5.61. The third-order valence-corrected chi connectivity index (χ3v) is 8.94. The smallest absolute Gasteiger partial charge is 0.338 e. The summed E-state index contributed by atoms with van der Waals surface area (Å²) in [5.41, 5.74) is 3.25. The molecule has 1 aromatic heterocycles. The highest BCUT2D eigenvalue weighted by atomic mass is 35.5. The zero-order chi connectivity index (χ0) is 31.1. The van der Waals surface area contributed by atoms with E-state index < -0.39 is 17.6 Å². The van der Waals surface area contributed by atoms with Crippen LogP contribution >= 0.6 is 22.9 Å². The summed E-state index contributed by atoms with van der Waals surface area (Å²) < 4.78 is 18.2. The number of carbonyl (C=O) groups excluding carboxylic acids is 2. The van der Waals surface area contributed by atoms with Gasteiger partial charge in [0.05, 0.1) is 49.9 Å². The van der Waals surface area contributed by atoms with Crippen molar-refractivity contribution in [2.75, 3.05) is 25.7 Å². The van der Waals surface area contributed by atoms with Crippen LogP contribution in [0, 0.1) is 0 Å². The maximum absolute atomic E-state index is 14.5. The zero-order valence-electron chi connectivity index (χ0n) is 24.4. The van der Waals surface area contributed by atoms with E-state index >= 15 is 0 Å². The molecule has 0 radical (unpaired) electrons. The summed E-state index contributed by atoms with van der Waals surface area (Å²) in [5, 5.41) is 0.601. The van der Waals surface area contributed by atoms with Crippen LogP contribution in [0.15, 0.2) is 87.8 Å². The first-order chi connectivity index (χ1) is 21.3. The van der Waals surface area contributed by atoms with E-state index in [0.717, 1.165) is 16.9 Å². The SMILES string of the molecule is CCOC(=O)C1=C(C)N=c2s/c(=C3/C(=O)N(Cc4ccc(Cl)cc4)c4ccccc43)c(=O)n2[C@@H]1c1ccc(OC)cc1OC. The lowest BCUT2D eigenvalue weighted by molar-refractivity contribution is -0.139. The molecule has 44 heavy (non-hydrogen) atoms. The summed E-state index contributed by atoms with van der Waals surface area (Å²) in [6.07, 6.45) is 0. The second kappa shape index (κ2) is 11.8. The van der Waals surface area contributed by atoms with Gasteiger partial charge < -0.3 is 19.1 Å². The number of rotatable bonds is 7.